The fourth-order valence-electron chi connectivity index (χ4n) is 9.20. The first-order chi connectivity index (χ1) is 34.5. The molecule has 0 bridgehead atoms. The number of unbranched alkanes of at least 4 members (excludes halogenated alkanes) is 5. The quantitative estimate of drug-likeness (QED) is 0.0183. The fourth-order valence-corrected chi connectivity index (χ4v) is 10.7. The number of fused-ring (bicyclic) bond motifs is 1. The van der Waals surface area contributed by atoms with Crippen molar-refractivity contribution in [2.75, 3.05) is 38.7 Å². The first-order valence-corrected chi connectivity index (χ1v) is 25.6. The Morgan fingerprint density at radius 3 is 1.82 bits per heavy atom. The molecule has 0 aromatic rings. The number of thioether (sulfide) groups is 1. The van der Waals surface area contributed by atoms with E-state index in [0.29, 0.717) is 50.4 Å². The molecule has 0 aromatic carbocycles. The average molecular weight is 1070 g/mol. The molecule has 4 saturated heterocycles. The molecule has 0 spiro atoms. The minimum atomic E-state index is -3.11. The van der Waals surface area contributed by atoms with Crippen LogP contribution in [0.25, 0.3) is 0 Å². The number of hydrogen-bond acceptors (Lipinski definition) is 20. The van der Waals surface area contributed by atoms with Crippen LogP contribution in [0.1, 0.15) is 104 Å². The van der Waals surface area contributed by atoms with Gasteiger partial charge in [0.15, 0.2) is 0 Å². The Morgan fingerprint density at radius 2 is 1.27 bits per heavy atom. The summed E-state index contributed by atoms with van der Waals surface area (Å²) in [5.74, 6) is -11.3. The van der Waals surface area contributed by atoms with Gasteiger partial charge in [0, 0.05) is 70.5 Å². The van der Waals surface area contributed by atoms with Crippen molar-refractivity contribution in [3.8, 4) is 0 Å². The van der Waals surface area contributed by atoms with Gasteiger partial charge in [-0.3, -0.25) is 24.0 Å². The highest BCUT2D eigenvalue weighted by atomic mass is 32.2. The number of hydrogen-bond donors (Lipinski definition) is 14. The summed E-state index contributed by atoms with van der Waals surface area (Å²) in [4.78, 5) is 97.7. The highest BCUT2D eigenvalue weighted by Gasteiger charge is 2.60. The third-order valence-electron chi connectivity index (χ3n) is 12.9. The molecule has 4 rings (SSSR count). The number of urea groups is 1. The second-order valence-corrected chi connectivity index (χ2v) is 20.0. The summed E-state index contributed by atoms with van der Waals surface area (Å²) < 4.78 is 27.5. The van der Waals surface area contributed by atoms with Crippen molar-refractivity contribution in [3.05, 3.63) is 0 Å². The van der Waals surface area contributed by atoms with E-state index >= 15 is 0 Å². The zero-order valence-electron chi connectivity index (χ0n) is 41.2. The number of aliphatic hydroxyl groups excluding tert-OH is 6. The maximum atomic E-state index is 12.9. The van der Waals surface area contributed by atoms with Crippen LogP contribution in [-0.4, -0.2) is 217 Å². The van der Waals surface area contributed by atoms with E-state index in [4.69, 9.17) is 23.7 Å². The van der Waals surface area contributed by atoms with Gasteiger partial charge in [-0.15, -0.1) is 0 Å². The number of aliphatic carboxylic acids is 2. The maximum absolute atomic E-state index is 12.9. The Balaban J connectivity index is 1.24. The minimum Gasteiger partial charge on any atom is -0.477 e. The molecule has 4 aliphatic rings. The summed E-state index contributed by atoms with van der Waals surface area (Å²) in [5, 5.41) is 104. The van der Waals surface area contributed by atoms with Gasteiger partial charge in [-0.1, -0.05) is 12.8 Å². The minimum absolute atomic E-state index is 0.0196. The molecule has 27 nitrogen and oxygen atoms in total. The number of esters is 1. The van der Waals surface area contributed by atoms with E-state index in [9.17, 15) is 79.2 Å². The molecule has 0 aliphatic carbocycles. The van der Waals surface area contributed by atoms with Crippen LogP contribution < -0.4 is 31.9 Å². The molecule has 0 radical (unpaired) electrons. The van der Waals surface area contributed by atoms with E-state index in [-0.39, 0.29) is 49.4 Å². The SMILES string of the molecule is CC(=O)N[C@H]1[C@H]([C@H](O)[C@H](O)COC(C)=O)O[C@@](O[C@H](CO)[C@@H](O)[C@@H]2O[C@@](OCCCCCNC(=O)CCCCCNC(=O)CCCC[C@@H]3SC[C@@H]4NC(=O)N[C@@H]43)(C(=O)O)C[C@H](O)[C@H]2NC(C)=O)(C(=O)O)C[C@@H]1O. The summed E-state index contributed by atoms with van der Waals surface area (Å²) in [6.45, 7) is 1.46. The molecule has 4 aliphatic heterocycles. The molecule has 0 aromatic heterocycles. The first kappa shape index (κ1) is 61.1. The summed E-state index contributed by atoms with van der Waals surface area (Å²) in [7, 11) is 0. The number of carboxylic acids is 2. The molecule has 0 saturated carbocycles. The first-order valence-electron chi connectivity index (χ1n) is 24.6. The van der Waals surface area contributed by atoms with Crippen molar-refractivity contribution < 1.29 is 103 Å². The predicted octanol–water partition coefficient (Wildman–Crippen LogP) is -3.41. The van der Waals surface area contributed by atoms with Crippen molar-refractivity contribution in [1.82, 2.24) is 31.9 Å². The van der Waals surface area contributed by atoms with Crippen LogP contribution in [0.15, 0.2) is 0 Å². The number of carbonyl (C=O) groups excluding carboxylic acids is 6. The molecule has 416 valence electrons. The average Bonchev–Trinajstić information content (AvgIpc) is 3.88. The lowest BCUT2D eigenvalue weighted by molar-refractivity contribution is -0.345. The van der Waals surface area contributed by atoms with Crippen molar-refractivity contribution in [3.63, 3.8) is 0 Å². The molecule has 0 unspecified atom stereocenters. The van der Waals surface area contributed by atoms with Crippen LogP contribution in [-0.2, 0) is 57.2 Å². The smallest absolute Gasteiger partial charge is 0.364 e. The Morgan fingerprint density at radius 1 is 0.740 bits per heavy atom. The van der Waals surface area contributed by atoms with E-state index in [2.05, 4.69) is 31.9 Å². The number of carboxylic acid groups (broad SMARTS) is 2. The lowest BCUT2D eigenvalue weighted by Crippen LogP contribution is -2.70. The van der Waals surface area contributed by atoms with E-state index in [0.717, 1.165) is 52.2 Å². The third-order valence-corrected chi connectivity index (χ3v) is 14.4. The predicted molar refractivity (Wildman–Crippen MR) is 252 cm³/mol. The van der Waals surface area contributed by atoms with Gasteiger partial charge >= 0.3 is 23.9 Å². The number of rotatable bonds is 31. The lowest BCUT2D eigenvalue weighted by atomic mass is 9.87. The summed E-state index contributed by atoms with van der Waals surface area (Å²) in [6, 6.07) is -3.04. The molecule has 14 N–H and O–H groups in total. The van der Waals surface area contributed by atoms with E-state index < -0.39 is 128 Å². The van der Waals surface area contributed by atoms with Crippen molar-refractivity contribution >= 4 is 59.3 Å². The van der Waals surface area contributed by atoms with Gasteiger partial charge < -0.3 is 96.4 Å². The second kappa shape index (κ2) is 29.0. The Kier molecular flexibility index (Phi) is 24.2. The summed E-state index contributed by atoms with van der Waals surface area (Å²) in [5.41, 5.74) is 0. The van der Waals surface area contributed by atoms with Gasteiger partial charge in [0.1, 0.15) is 43.2 Å². The molecule has 4 fully saturated rings. The van der Waals surface area contributed by atoms with Crippen LogP contribution >= 0.6 is 11.8 Å². The molecule has 15 atom stereocenters. The lowest BCUT2D eigenvalue weighted by Gasteiger charge is -2.49. The number of carbonyl (C=O) groups is 8. The van der Waals surface area contributed by atoms with Gasteiger partial charge in [-0.25, -0.2) is 14.4 Å². The van der Waals surface area contributed by atoms with Crippen molar-refractivity contribution in [2.45, 2.75) is 194 Å². The van der Waals surface area contributed by atoms with Crippen molar-refractivity contribution in [2.24, 2.45) is 0 Å². The Bertz CT molecular complexity index is 1890. The molecular weight excluding hydrogens is 993 g/mol. The highest BCUT2D eigenvalue weighted by Crippen LogP contribution is 2.38. The fraction of sp³-hybridized carbons (Fsp3) is 0.822. The standard InChI is InChI=1S/C45H74N6O21S/c1-23(53)48-35-28(57)19-45(42(65)66,72-39(35)37(61)29(58)21-68-25(3)55)70-30(20-52)38(62)40-36(49-24(2)54)27(56)18-44(71-40,41(63)64)69-17-11-5-10-16-47-32(59)13-6-4-9-15-46-33(60)14-8-7-12-31-34-26(22-73-31)50-43(67)51-34/h26-31,34-40,52,56-58,61-62H,4-22H2,1-3H3,(H,46,60)(H,47,59)(H,48,53)(H,49,54)(H,63,64)(H,65,66)(H2,50,51,67)/t26-,27-,28-,29+,30+,31-,34-,35+,36+,37+,38+,39+,40+,44+,45+/m0/s1. The van der Waals surface area contributed by atoms with E-state index in [1.807, 2.05) is 11.8 Å². The van der Waals surface area contributed by atoms with Gasteiger partial charge in [-0.2, -0.15) is 11.8 Å². The molecule has 4 heterocycles. The van der Waals surface area contributed by atoms with E-state index in [1.165, 1.54) is 0 Å². The second-order valence-electron chi connectivity index (χ2n) is 18.8. The van der Waals surface area contributed by atoms with Crippen LogP contribution in [0.5, 0.6) is 0 Å². The van der Waals surface area contributed by atoms with Crippen molar-refractivity contribution in [1.29, 1.82) is 0 Å². The number of ether oxygens (including phenoxy) is 5. The maximum Gasteiger partial charge on any atom is 0.364 e. The van der Waals surface area contributed by atoms with Crippen LogP contribution in [0, 0.1) is 0 Å². The molecule has 73 heavy (non-hydrogen) atoms. The number of amides is 6. The highest BCUT2D eigenvalue weighted by molar-refractivity contribution is 8.00. The third kappa shape index (κ3) is 17.8. The van der Waals surface area contributed by atoms with Crippen LogP contribution in [0.2, 0.25) is 0 Å². The van der Waals surface area contributed by atoms with E-state index in [1.54, 1.807) is 0 Å². The monoisotopic (exact) mass is 1070 g/mol. The number of aliphatic hydroxyl groups is 6. The molecule has 6 amide bonds. The molecular formula is C45H74N6O21S. The largest absolute Gasteiger partial charge is 0.477 e. The van der Waals surface area contributed by atoms with Gasteiger partial charge in [0.05, 0.1) is 49.6 Å². The summed E-state index contributed by atoms with van der Waals surface area (Å²) >= 11 is 1.84. The molecule has 28 heteroatoms. The van der Waals surface area contributed by atoms with Crippen LogP contribution in [0.4, 0.5) is 4.79 Å². The summed E-state index contributed by atoms with van der Waals surface area (Å²) in [6.07, 6.45) is -11.8. The van der Waals surface area contributed by atoms with Gasteiger partial charge in [0.2, 0.25) is 23.6 Å². The number of nitrogens with one attached hydrogen (secondary N) is 6. The van der Waals surface area contributed by atoms with Gasteiger partial charge in [-0.05, 0) is 44.9 Å². The zero-order chi connectivity index (χ0) is 54.0. The van der Waals surface area contributed by atoms with Gasteiger partial charge in [0.25, 0.3) is 11.6 Å². The topological polar surface area (TPSA) is 417 Å². The zero-order valence-corrected chi connectivity index (χ0v) is 42.1. The Hall–Kier alpha value is -4.49. The Labute approximate surface area is 425 Å². The normalized spacial score (nSPS) is 30.3. The van der Waals surface area contributed by atoms with Crippen LogP contribution in [0.3, 0.4) is 0 Å².